The molecule has 0 bridgehead atoms. The Morgan fingerprint density at radius 1 is 1.56 bits per heavy atom. The van der Waals surface area contributed by atoms with E-state index in [9.17, 15) is 4.79 Å². The van der Waals surface area contributed by atoms with Crippen molar-refractivity contribution in [2.24, 2.45) is 5.92 Å². The second-order valence-electron chi connectivity index (χ2n) is 3.94. The molecule has 2 N–H and O–H groups in total. The fourth-order valence-corrected chi connectivity index (χ4v) is 3.15. The molecule has 0 spiro atoms. The van der Waals surface area contributed by atoms with Gasteiger partial charge in [-0.15, -0.1) is 11.3 Å². The number of halogens is 2. The standard InChI is InChI=1S/C10H11Cl2NO2S/c11-8-3-7(9(12)16-8)10(15)13-4-5-1-6(14)2-5/h3,5-6,14H,1-2,4H2,(H,13,15). The van der Waals surface area contributed by atoms with Crippen LogP contribution in [-0.2, 0) is 0 Å². The molecule has 88 valence electrons. The molecule has 0 saturated heterocycles. The van der Waals surface area contributed by atoms with E-state index < -0.39 is 0 Å². The van der Waals surface area contributed by atoms with Crippen LogP contribution in [0.2, 0.25) is 8.67 Å². The highest BCUT2D eigenvalue weighted by molar-refractivity contribution is 7.20. The Morgan fingerprint density at radius 3 is 2.75 bits per heavy atom. The van der Waals surface area contributed by atoms with Gasteiger partial charge in [-0.2, -0.15) is 0 Å². The maximum atomic E-state index is 11.7. The van der Waals surface area contributed by atoms with Gasteiger partial charge >= 0.3 is 0 Å². The number of rotatable bonds is 3. The number of hydrogen-bond acceptors (Lipinski definition) is 3. The largest absolute Gasteiger partial charge is 0.393 e. The summed E-state index contributed by atoms with van der Waals surface area (Å²) in [6.07, 6.45) is 1.33. The van der Waals surface area contributed by atoms with Crippen molar-refractivity contribution in [2.45, 2.75) is 18.9 Å². The Balaban J connectivity index is 1.86. The Hall–Kier alpha value is -0.290. The lowest BCUT2D eigenvalue weighted by molar-refractivity contribution is 0.0420. The fraction of sp³-hybridized carbons (Fsp3) is 0.500. The lowest BCUT2D eigenvalue weighted by atomic mass is 9.82. The number of carbonyl (C=O) groups excluding carboxylic acids is 1. The van der Waals surface area contributed by atoms with Crippen LogP contribution in [0, 0.1) is 5.92 Å². The maximum absolute atomic E-state index is 11.7. The van der Waals surface area contributed by atoms with Crippen molar-refractivity contribution < 1.29 is 9.90 Å². The average molecular weight is 280 g/mol. The van der Waals surface area contributed by atoms with Gasteiger partial charge in [0.05, 0.1) is 16.0 Å². The van der Waals surface area contributed by atoms with E-state index in [1.54, 1.807) is 6.07 Å². The highest BCUT2D eigenvalue weighted by atomic mass is 35.5. The van der Waals surface area contributed by atoms with E-state index in [0.717, 1.165) is 12.8 Å². The van der Waals surface area contributed by atoms with Gasteiger partial charge < -0.3 is 10.4 Å². The van der Waals surface area contributed by atoms with Crippen LogP contribution in [0.15, 0.2) is 6.07 Å². The molecule has 16 heavy (non-hydrogen) atoms. The summed E-state index contributed by atoms with van der Waals surface area (Å²) in [5.74, 6) is 0.182. The SMILES string of the molecule is O=C(NCC1CC(O)C1)c1cc(Cl)sc1Cl. The summed E-state index contributed by atoms with van der Waals surface area (Å²) in [5, 5.41) is 11.9. The summed E-state index contributed by atoms with van der Waals surface area (Å²) in [4.78, 5) is 11.7. The van der Waals surface area contributed by atoms with E-state index in [1.807, 2.05) is 0 Å². The quantitative estimate of drug-likeness (QED) is 0.894. The van der Waals surface area contributed by atoms with Gasteiger partial charge in [-0.3, -0.25) is 4.79 Å². The second-order valence-corrected chi connectivity index (χ2v) is 6.22. The van der Waals surface area contributed by atoms with Gasteiger partial charge in [-0.1, -0.05) is 23.2 Å². The van der Waals surface area contributed by atoms with Crippen molar-refractivity contribution in [1.82, 2.24) is 5.32 Å². The van der Waals surface area contributed by atoms with E-state index in [4.69, 9.17) is 28.3 Å². The van der Waals surface area contributed by atoms with E-state index in [0.29, 0.717) is 26.7 Å². The molecule has 1 heterocycles. The van der Waals surface area contributed by atoms with Gasteiger partial charge in [0.1, 0.15) is 4.34 Å². The summed E-state index contributed by atoms with van der Waals surface area (Å²) in [5.41, 5.74) is 0.427. The number of hydrogen-bond donors (Lipinski definition) is 2. The zero-order valence-electron chi connectivity index (χ0n) is 8.37. The van der Waals surface area contributed by atoms with Crippen LogP contribution in [-0.4, -0.2) is 23.7 Å². The summed E-state index contributed by atoms with van der Waals surface area (Å²) in [6, 6.07) is 1.57. The third kappa shape index (κ3) is 2.69. The zero-order chi connectivity index (χ0) is 11.7. The first kappa shape index (κ1) is 12.2. The van der Waals surface area contributed by atoms with Crippen LogP contribution in [0.5, 0.6) is 0 Å². The van der Waals surface area contributed by atoms with Crippen LogP contribution in [0.1, 0.15) is 23.2 Å². The minimum atomic E-state index is -0.200. The van der Waals surface area contributed by atoms with Gasteiger partial charge in [0, 0.05) is 6.54 Å². The number of carbonyl (C=O) groups is 1. The Labute approximate surface area is 107 Å². The minimum Gasteiger partial charge on any atom is -0.393 e. The predicted molar refractivity (Wildman–Crippen MR) is 65.4 cm³/mol. The fourth-order valence-electron chi connectivity index (χ4n) is 1.69. The molecular formula is C10H11Cl2NO2S. The van der Waals surface area contributed by atoms with Gasteiger partial charge in [0.15, 0.2) is 0 Å². The summed E-state index contributed by atoms with van der Waals surface area (Å²) in [7, 11) is 0. The van der Waals surface area contributed by atoms with Gasteiger partial charge in [-0.25, -0.2) is 0 Å². The van der Waals surface area contributed by atoms with Crippen molar-refractivity contribution in [3.05, 3.63) is 20.3 Å². The molecule has 3 nitrogen and oxygen atoms in total. The third-order valence-corrected chi connectivity index (χ3v) is 4.15. The van der Waals surface area contributed by atoms with Crippen LogP contribution in [0.25, 0.3) is 0 Å². The first-order valence-electron chi connectivity index (χ1n) is 4.97. The predicted octanol–water partition coefficient (Wildman–Crippen LogP) is 2.56. The molecule has 2 rings (SSSR count). The number of aliphatic hydroxyl groups excluding tert-OH is 1. The summed E-state index contributed by atoms with van der Waals surface area (Å²) in [6.45, 7) is 0.583. The summed E-state index contributed by atoms with van der Waals surface area (Å²) < 4.78 is 0.922. The Kier molecular flexibility index (Phi) is 3.74. The average Bonchev–Trinajstić information content (AvgIpc) is 2.50. The first-order chi connectivity index (χ1) is 7.56. The zero-order valence-corrected chi connectivity index (χ0v) is 10.7. The van der Waals surface area contributed by atoms with Crippen molar-refractivity contribution >= 4 is 40.4 Å². The molecule has 1 aliphatic carbocycles. The normalized spacial score (nSPS) is 23.9. The van der Waals surface area contributed by atoms with Crippen LogP contribution in [0.4, 0.5) is 0 Å². The third-order valence-electron chi connectivity index (χ3n) is 2.66. The van der Waals surface area contributed by atoms with Gasteiger partial charge in [0.2, 0.25) is 0 Å². The monoisotopic (exact) mass is 279 g/mol. The van der Waals surface area contributed by atoms with Crippen molar-refractivity contribution in [1.29, 1.82) is 0 Å². The van der Waals surface area contributed by atoms with Gasteiger partial charge in [0.25, 0.3) is 5.91 Å². The maximum Gasteiger partial charge on any atom is 0.253 e. The number of amides is 1. The molecule has 1 saturated carbocycles. The Morgan fingerprint density at radius 2 is 2.25 bits per heavy atom. The lowest BCUT2D eigenvalue weighted by Gasteiger charge is -2.31. The molecule has 0 radical (unpaired) electrons. The van der Waals surface area contributed by atoms with E-state index >= 15 is 0 Å². The second kappa shape index (κ2) is 4.92. The molecule has 0 aromatic carbocycles. The molecule has 1 aromatic heterocycles. The first-order valence-corrected chi connectivity index (χ1v) is 6.54. The van der Waals surface area contributed by atoms with Crippen LogP contribution >= 0.6 is 34.5 Å². The molecular weight excluding hydrogens is 269 g/mol. The molecule has 1 amide bonds. The molecule has 0 aliphatic heterocycles. The van der Waals surface area contributed by atoms with Gasteiger partial charge in [-0.05, 0) is 24.8 Å². The molecule has 6 heteroatoms. The lowest BCUT2D eigenvalue weighted by Crippen LogP contribution is -2.38. The highest BCUT2D eigenvalue weighted by Crippen LogP contribution is 2.31. The number of nitrogens with one attached hydrogen (secondary N) is 1. The number of thiophene rings is 1. The smallest absolute Gasteiger partial charge is 0.253 e. The Bertz CT molecular complexity index is 402. The summed E-state index contributed by atoms with van der Waals surface area (Å²) >= 11 is 12.8. The minimum absolute atomic E-state index is 0.193. The highest BCUT2D eigenvalue weighted by Gasteiger charge is 2.27. The van der Waals surface area contributed by atoms with Crippen LogP contribution in [0.3, 0.4) is 0 Å². The molecule has 1 aromatic rings. The number of aliphatic hydroxyl groups is 1. The molecule has 0 unspecified atom stereocenters. The molecule has 0 atom stereocenters. The van der Waals surface area contributed by atoms with Crippen molar-refractivity contribution in [3.8, 4) is 0 Å². The van der Waals surface area contributed by atoms with E-state index in [-0.39, 0.29) is 12.0 Å². The topological polar surface area (TPSA) is 49.3 Å². The van der Waals surface area contributed by atoms with E-state index in [2.05, 4.69) is 5.32 Å². The van der Waals surface area contributed by atoms with Crippen LogP contribution < -0.4 is 5.32 Å². The molecule has 1 aliphatic rings. The van der Waals surface area contributed by atoms with Crippen molar-refractivity contribution in [3.63, 3.8) is 0 Å². The van der Waals surface area contributed by atoms with Crippen molar-refractivity contribution in [2.75, 3.05) is 6.54 Å². The van der Waals surface area contributed by atoms with E-state index in [1.165, 1.54) is 11.3 Å². The molecule has 1 fully saturated rings.